The van der Waals surface area contributed by atoms with E-state index in [1.54, 1.807) is 0 Å². The average molecular weight is 379 g/mol. The van der Waals surface area contributed by atoms with Crippen LogP contribution in [0.2, 0.25) is 0 Å². The lowest BCUT2D eigenvalue weighted by Crippen LogP contribution is -2.03. The van der Waals surface area contributed by atoms with Gasteiger partial charge in [-0.15, -0.1) is 0 Å². The van der Waals surface area contributed by atoms with E-state index in [0.717, 1.165) is 25.8 Å². The Balaban J connectivity index is 2.11. The summed E-state index contributed by atoms with van der Waals surface area (Å²) in [6.45, 7) is 0. The van der Waals surface area contributed by atoms with Gasteiger partial charge in [0.15, 0.2) is 0 Å². The van der Waals surface area contributed by atoms with Gasteiger partial charge in [-0.1, -0.05) is 50.1 Å². The molecule has 0 aromatic heterocycles. The molecule has 0 saturated carbocycles. The third-order valence-electron chi connectivity index (χ3n) is 2.91. The Morgan fingerprint density at radius 3 is 2.42 bits per heavy atom. The van der Waals surface area contributed by atoms with Gasteiger partial charge in [0, 0.05) is 25.8 Å². The van der Waals surface area contributed by atoms with E-state index in [1.807, 2.05) is 48.5 Å². The summed E-state index contributed by atoms with van der Waals surface area (Å²) >= 11 is 6.90. The quantitative estimate of drug-likeness (QED) is 0.715. The number of nitrogens with one attached hydrogen (secondary N) is 1. The lowest BCUT2D eigenvalue weighted by Gasteiger charge is -2.00. The van der Waals surface area contributed by atoms with E-state index in [1.165, 1.54) is 0 Å². The fourth-order valence-corrected chi connectivity index (χ4v) is 3.44. The molecule has 0 unspecified atom stereocenters. The number of hydrogen-bond donors (Lipinski definition) is 1. The van der Waals surface area contributed by atoms with Crippen molar-refractivity contribution in [2.24, 2.45) is 0 Å². The van der Waals surface area contributed by atoms with Gasteiger partial charge in [-0.25, -0.2) is 0 Å². The molecule has 94 valence electrons. The number of hydrogen-bond acceptors (Lipinski definition) is 1. The molecule has 19 heavy (non-hydrogen) atoms. The average Bonchev–Trinajstić information content (AvgIpc) is 2.65. The number of amides is 1. The van der Waals surface area contributed by atoms with Crippen molar-refractivity contribution in [3.63, 3.8) is 0 Å². The van der Waals surface area contributed by atoms with E-state index in [2.05, 4.69) is 37.2 Å². The Morgan fingerprint density at radius 1 is 1.00 bits per heavy atom. The van der Waals surface area contributed by atoms with E-state index < -0.39 is 0 Å². The first-order valence-corrected chi connectivity index (χ1v) is 7.30. The smallest absolute Gasteiger partial charge is 0.256 e. The normalized spacial score (nSPS) is 15.5. The third kappa shape index (κ3) is 2.51. The molecule has 2 aromatic rings. The van der Waals surface area contributed by atoms with Crippen LogP contribution < -0.4 is 5.32 Å². The van der Waals surface area contributed by atoms with Crippen molar-refractivity contribution in [3.05, 3.63) is 62.5 Å². The maximum atomic E-state index is 12.0. The number of rotatable bonds is 1. The van der Waals surface area contributed by atoms with Gasteiger partial charge in [0.2, 0.25) is 0 Å². The van der Waals surface area contributed by atoms with Crippen LogP contribution >= 0.6 is 31.9 Å². The van der Waals surface area contributed by atoms with Gasteiger partial charge < -0.3 is 5.32 Å². The minimum Gasteiger partial charge on any atom is -0.321 e. The molecule has 1 aliphatic heterocycles. The van der Waals surface area contributed by atoms with Crippen molar-refractivity contribution in [1.29, 1.82) is 0 Å². The summed E-state index contributed by atoms with van der Waals surface area (Å²) in [6.07, 6.45) is 1.90. The van der Waals surface area contributed by atoms with E-state index in [9.17, 15) is 4.79 Å². The highest BCUT2D eigenvalue weighted by Crippen LogP contribution is 2.33. The number of carbonyl (C=O) groups is 1. The molecule has 1 N–H and O–H groups in total. The second-order valence-electron chi connectivity index (χ2n) is 4.26. The maximum absolute atomic E-state index is 12.0. The summed E-state index contributed by atoms with van der Waals surface area (Å²) in [7, 11) is 0. The van der Waals surface area contributed by atoms with Crippen molar-refractivity contribution in [3.8, 4) is 0 Å². The molecule has 1 amide bonds. The largest absolute Gasteiger partial charge is 0.321 e. The van der Waals surface area contributed by atoms with Crippen LogP contribution in [-0.4, -0.2) is 5.91 Å². The number of para-hydroxylation sites is 1. The van der Waals surface area contributed by atoms with Crippen molar-refractivity contribution >= 4 is 55.1 Å². The highest BCUT2D eigenvalue weighted by atomic mass is 79.9. The Hall–Kier alpha value is -1.39. The molecular weight excluding hydrogens is 370 g/mol. The Bertz CT molecular complexity index is 687. The highest BCUT2D eigenvalue weighted by Gasteiger charge is 2.23. The molecule has 4 heteroatoms. The molecular formula is C15H9Br2NO. The van der Waals surface area contributed by atoms with Gasteiger partial charge in [0.25, 0.3) is 5.91 Å². The molecule has 3 rings (SSSR count). The molecule has 2 nitrogen and oxygen atoms in total. The molecule has 2 aromatic carbocycles. The fraction of sp³-hybridized carbons (Fsp3) is 0. The first-order valence-electron chi connectivity index (χ1n) is 5.72. The number of fused-ring (bicyclic) bond motifs is 1. The van der Waals surface area contributed by atoms with Gasteiger partial charge in [-0.05, 0) is 35.9 Å². The first kappa shape index (κ1) is 12.6. The summed E-state index contributed by atoms with van der Waals surface area (Å²) in [5.74, 6) is -0.0581. The van der Waals surface area contributed by atoms with Gasteiger partial charge in [0.05, 0.1) is 0 Å². The Kier molecular flexibility index (Phi) is 3.29. The van der Waals surface area contributed by atoms with Crippen LogP contribution in [0.3, 0.4) is 0 Å². The van der Waals surface area contributed by atoms with Crippen molar-refractivity contribution in [2.45, 2.75) is 0 Å². The van der Waals surface area contributed by atoms with Gasteiger partial charge >= 0.3 is 0 Å². The molecule has 0 saturated heterocycles. The number of anilines is 1. The monoisotopic (exact) mass is 377 g/mol. The second-order valence-corrected chi connectivity index (χ2v) is 6.09. The molecule has 1 heterocycles. The van der Waals surface area contributed by atoms with E-state index in [-0.39, 0.29) is 5.91 Å². The number of benzene rings is 2. The summed E-state index contributed by atoms with van der Waals surface area (Å²) in [4.78, 5) is 12.0. The SMILES string of the molecule is O=C1Nc2ccccc2/C1=C/c1cc(Br)cc(Br)c1. The zero-order chi connectivity index (χ0) is 13.4. The minimum absolute atomic E-state index is 0.0581. The third-order valence-corrected chi connectivity index (χ3v) is 3.82. The first-order chi connectivity index (χ1) is 9.13. The van der Waals surface area contributed by atoms with E-state index in [0.29, 0.717) is 5.57 Å². The molecule has 0 radical (unpaired) electrons. The van der Waals surface area contributed by atoms with Crippen LogP contribution in [0.1, 0.15) is 11.1 Å². The minimum atomic E-state index is -0.0581. The molecule has 0 aliphatic carbocycles. The Morgan fingerprint density at radius 2 is 1.68 bits per heavy atom. The zero-order valence-corrected chi connectivity index (χ0v) is 13.0. The topological polar surface area (TPSA) is 29.1 Å². The van der Waals surface area contributed by atoms with Gasteiger partial charge in [-0.3, -0.25) is 4.79 Å². The summed E-state index contributed by atoms with van der Waals surface area (Å²) in [5.41, 5.74) is 3.49. The van der Waals surface area contributed by atoms with Crippen LogP contribution in [0.25, 0.3) is 11.6 Å². The van der Waals surface area contributed by atoms with Gasteiger partial charge in [0.1, 0.15) is 0 Å². The van der Waals surface area contributed by atoms with Crippen LogP contribution in [0.5, 0.6) is 0 Å². The lowest BCUT2D eigenvalue weighted by molar-refractivity contribution is -0.110. The summed E-state index contributed by atoms with van der Waals surface area (Å²) in [5, 5.41) is 2.87. The molecule has 0 bridgehead atoms. The number of carbonyl (C=O) groups excluding carboxylic acids is 1. The Labute approximate surface area is 127 Å². The molecule has 1 aliphatic rings. The molecule has 0 atom stereocenters. The van der Waals surface area contributed by atoms with Crippen LogP contribution in [-0.2, 0) is 4.79 Å². The van der Waals surface area contributed by atoms with Crippen molar-refractivity contribution in [2.75, 3.05) is 5.32 Å². The van der Waals surface area contributed by atoms with Crippen LogP contribution in [0.15, 0.2) is 51.4 Å². The predicted molar refractivity (Wildman–Crippen MR) is 84.8 cm³/mol. The van der Waals surface area contributed by atoms with E-state index >= 15 is 0 Å². The van der Waals surface area contributed by atoms with Gasteiger partial charge in [-0.2, -0.15) is 0 Å². The standard InChI is InChI=1S/C15H9Br2NO/c16-10-5-9(6-11(17)8-10)7-13-12-3-1-2-4-14(12)18-15(13)19/h1-8H,(H,18,19)/b13-7-. The number of halogens is 2. The fourth-order valence-electron chi connectivity index (χ4n) is 2.11. The second kappa shape index (κ2) is 4.94. The maximum Gasteiger partial charge on any atom is 0.256 e. The lowest BCUT2D eigenvalue weighted by atomic mass is 10.0. The molecule has 0 spiro atoms. The molecule has 0 fully saturated rings. The highest BCUT2D eigenvalue weighted by molar-refractivity contribution is 9.11. The predicted octanol–water partition coefficient (Wildman–Crippen LogP) is 4.70. The van der Waals surface area contributed by atoms with Crippen molar-refractivity contribution < 1.29 is 4.79 Å². The van der Waals surface area contributed by atoms with Crippen molar-refractivity contribution in [1.82, 2.24) is 0 Å². The van der Waals surface area contributed by atoms with Crippen LogP contribution in [0, 0.1) is 0 Å². The van der Waals surface area contributed by atoms with E-state index in [4.69, 9.17) is 0 Å². The summed E-state index contributed by atoms with van der Waals surface area (Å²) < 4.78 is 1.95. The van der Waals surface area contributed by atoms with Crippen LogP contribution in [0.4, 0.5) is 5.69 Å². The summed E-state index contributed by atoms with van der Waals surface area (Å²) in [6, 6.07) is 13.6. The zero-order valence-electron chi connectivity index (χ0n) is 9.78.